The Kier molecular flexibility index (Phi) is 8.07. The molecule has 7 nitrogen and oxygen atoms in total. The Morgan fingerprint density at radius 1 is 0.943 bits per heavy atom. The molecule has 1 atom stereocenters. The largest absolute Gasteiger partial charge is 0.497 e. The number of hydrogen-bond donors (Lipinski definition) is 1. The highest BCUT2D eigenvalue weighted by Crippen LogP contribution is 2.29. The first kappa shape index (κ1) is 26.1. The van der Waals surface area contributed by atoms with Crippen molar-refractivity contribution < 1.29 is 22.7 Å². The van der Waals surface area contributed by atoms with Gasteiger partial charge in [0.2, 0.25) is 10.0 Å². The fraction of sp³-hybridized carbons (Fsp3) is 0.296. The maximum atomic E-state index is 12.9. The van der Waals surface area contributed by atoms with Crippen LogP contribution in [0.4, 0.5) is 5.69 Å². The number of hydrogen-bond acceptors (Lipinski definition) is 5. The van der Waals surface area contributed by atoms with Gasteiger partial charge in [-0.15, -0.1) is 0 Å². The first-order chi connectivity index (χ1) is 16.5. The lowest BCUT2D eigenvalue weighted by Crippen LogP contribution is -2.29. The molecule has 0 saturated carbocycles. The van der Waals surface area contributed by atoms with Crippen molar-refractivity contribution in [2.24, 2.45) is 0 Å². The van der Waals surface area contributed by atoms with E-state index in [0.29, 0.717) is 22.7 Å². The van der Waals surface area contributed by atoms with Crippen LogP contribution in [0.25, 0.3) is 0 Å². The third kappa shape index (κ3) is 6.54. The SMILES string of the molecule is COc1ccc(OC)c([C@H](C)NC(=O)c2ccc(CN(c3cc(C)cc(C)c3)S(C)(=O)=O)cc2)c1. The van der Waals surface area contributed by atoms with Crippen molar-refractivity contribution in [3.63, 3.8) is 0 Å². The van der Waals surface area contributed by atoms with Gasteiger partial charge in [0.15, 0.2) is 0 Å². The fourth-order valence-electron chi connectivity index (χ4n) is 3.96. The molecule has 1 amide bonds. The lowest BCUT2D eigenvalue weighted by Gasteiger charge is -2.23. The molecular weight excluding hydrogens is 464 g/mol. The number of anilines is 1. The van der Waals surface area contributed by atoms with Crippen molar-refractivity contribution in [3.05, 3.63) is 88.5 Å². The summed E-state index contributed by atoms with van der Waals surface area (Å²) in [6.45, 7) is 5.91. The van der Waals surface area contributed by atoms with E-state index in [1.54, 1.807) is 50.6 Å². The van der Waals surface area contributed by atoms with E-state index in [-0.39, 0.29) is 18.5 Å². The third-order valence-electron chi connectivity index (χ3n) is 5.69. The molecule has 0 fully saturated rings. The highest BCUT2D eigenvalue weighted by Gasteiger charge is 2.20. The molecule has 35 heavy (non-hydrogen) atoms. The van der Waals surface area contributed by atoms with Gasteiger partial charge in [0.05, 0.1) is 38.7 Å². The lowest BCUT2D eigenvalue weighted by atomic mass is 10.1. The zero-order valence-corrected chi connectivity index (χ0v) is 21.8. The molecule has 0 spiro atoms. The minimum absolute atomic E-state index is 0.168. The van der Waals surface area contributed by atoms with Gasteiger partial charge < -0.3 is 14.8 Å². The van der Waals surface area contributed by atoms with Gasteiger partial charge in [-0.05, 0) is 79.9 Å². The van der Waals surface area contributed by atoms with E-state index in [0.717, 1.165) is 22.3 Å². The van der Waals surface area contributed by atoms with Crippen LogP contribution in [-0.2, 0) is 16.6 Å². The molecule has 3 rings (SSSR count). The Labute approximate surface area is 207 Å². The predicted octanol–water partition coefficient (Wildman–Crippen LogP) is 4.78. The molecule has 0 unspecified atom stereocenters. The van der Waals surface area contributed by atoms with Gasteiger partial charge in [-0.3, -0.25) is 9.10 Å². The summed E-state index contributed by atoms with van der Waals surface area (Å²) in [6.07, 6.45) is 1.20. The minimum Gasteiger partial charge on any atom is -0.497 e. The van der Waals surface area contributed by atoms with Crippen LogP contribution in [0.1, 0.15) is 45.6 Å². The van der Waals surface area contributed by atoms with Crippen LogP contribution < -0.4 is 19.1 Å². The average molecular weight is 497 g/mol. The van der Waals surface area contributed by atoms with Crippen LogP contribution in [0.2, 0.25) is 0 Å². The molecule has 0 aliphatic carbocycles. The Balaban J connectivity index is 1.77. The molecule has 8 heteroatoms. The van der Waals surface area contributed by atoms with E-state index in [9.17, 15) is 13.2 Å². The van der Waals surface area contributed by atoms with Crippen molar-refractivity contribution in [3.8, 4) is 11.5 Å². The summed E-state index contributed by atoms with van der Waals surface area (Å²) in [6, 6.07) is 17.7. The summed E-state index contributed by atoms with van der Waals surface area (Å²) < 4.78 is 37.2. The maximum Gasteiger partial charge on any atom is 0.251 e. The van der Waals surface area contributed by atoms with Crippen LogP contribution in [0.15, 0.2) is 60.7 Å². The number of amides is 1. The normalized spacial score (nSPS) is 12.1. The second-order valence-electron chi connectivity index (χ2n) is 8.62. The summed E-state index contributed by atoms with van der Waals surface area (Å²) in [7, 11) is -0.339. The number of carbonyl (C=O) groups is 1. The van der Waals surface area contributed by atoms with Crippen LogP contribution in [0.3, 0.4) is 0 Å². The Morgan fingerprint density at radius 2 is 1.57 bits per heavy atom. The number of nitrogens with one attached hydrogen (secondary N) is 1. The maximum absolute atomic E-state index is 12.9. The summed E-state index contributed by atoms with van der Waals surface area (Å²) in [5.74, 6) is 1.08. The van der Waals surface area contributed by atoms with Crippen LogP contribution in [0, 0.1) is 13.8 Å². The van der Waals surface area contributed by atoms with E-state index in [1.807, 2.05) is 45.0 Å². The molecular formula is C27H32N2O5S. The topological polar surface area (TPSA) is 84.9 Å². The standard InChI is InChI=1S/C27H32N2O5S/c1-18-13-19(2)15-23(14-18)29(35(6,31)32)17-21-7-9-22(10-8-21)27(30)28-20(3)25-16-24(33-4)11-12-26(25)34-5/h7-16,20H,17H2,1-6H3,(H,28,30)/t20-/m0/s1. The summed E-state index contributed by atoms with van der Waals surface area (Å²) in [5.41, 5.74) is 4.64. The van der Waals surface area contributed by atoms with Gasteiger partial charge in [0, 0.05) is 11.1 Å². The second kappa shape index (κ2) is 10.8. The monoisotopic (exact) mass is 496 g/mol. The summed E-state index contributed by atoms with van der Waals surface area (Å²) in [5, 5.41) is 2.98. The highest BCUT2D eigenvalue weighted by atomic mass is 32.2. The first-order valence-corrected chi connectivity index (χ1v) is 13.0. The predicted molar refractivity (Wildman–Crippen MR) is 139 cm³/mol. The Morgan fingerprint density at radius 3 is 2.11 bits per heavy atom. The number of methoxy groups -OCH3 is 2. The number of benzene rings is 3. The van der Waals surface area contributed by atoms with Gasteiger partial charge in [0.1, 0.15) is 11.5 Å². The molecule has 0 bridgehead atoms. The van der Waals surface area contributed by atoms with Crippen LogP contribution >= 0.6 is 0 Å². The van der Waals surface area contributed by atoms with Crippen molar-refractivity contribution in [1.82, 2.24) is 5.32 Å². The van der Waals surface area contributed by atoms with Crippen molar-refractivity contribution in [1.29, 1.82) is 0 Å². The Hall–Kier alpha value is -3.52. The Bertz CT molecular complexity index is 1280. The smallest absolute Gasteiger partial charge is 0.251 e. The third-order valence-corrected chi connectivity index (χ3v) is 6.83. The van der Waals surface area contributed by atoms with Gasteiger partial charge in [-0.25, -0.2) is 8.42 Å². The quantitative estimate of drug-likeness (QED) is 0.461. The number of carbonyl (C=O) groups excluding carboxylic acids is 1. The fourth-order valence-corrected chi connectivity index (χ4v) is 4.83. The number of ether oxygens (including phenoxy) is 2. The summed E-state index contributed by atoms with van der Waals surface area (Å²) in [4.78, 5) is 12.9. The van der Waals surface area contributed by atoms with Crippen LogP contribution in [0.5, 0.6) is 11.5 Å². The molecule has 0 aliphatic rings. The van der Waals surface area contributed by atoms with E-state index in [4.69, 9.17) is 9.47 Å². The van der Waals surface area contributed by atoms with E-state index >= 15 is 0 Å². The van der Waals surface area contributed by atoms with Gasteiger partial charge in [-0.2, -0.15) is 0 Å². The summed E-state index contributed by atoms with van der Waals surface area (Å²) >= 11 is 0. The van der Waals surface area contributed by atoms with Crippen LogP contribution in [-0.4, -0.2) is 34.8 Å². The molecule has 186 valence electrons. The van der Waals surface area contributed by atoms with Gasteiger partial charge in [-0.1, -0.05) is 18.2 Å². The first-order valence-electron chi connectivity index (χ1n) is 11.2. The lowest BCUT2D eigenvalue weighted by molar-refractivity contribution is 0.0939. The van der Waals surface area contributed by atoms with E-state index in [1.165, 1.54) is 10.6 Å². The molecule has 0 saturated heterocycles. The molecule has 0 aromatic heterocycles. The van der Waals surface area contributed by atoms with Crippen molar-refractivity contribution >= 4 is 21.6 Å². The highest BCUT2D eigenvalue weighted by molar-refractivity contribution is 7.92. The number of rotatable bonds is 9. The van der Waals surface area contributed by atoms with Crippen molar-refractivity contribution in [2.75, 3.05) is 24.8 Å². The zero-order chi connectivity index (χ0) is 25.8. The molecule has 0 heterocycles. The van der Waals surface area contributed by atoms with Crippen molar-refractivity contribution in [2.45, 2.75) is 33.4 Å². The molecule has 1 N–H and O–H groups in total. The number of nitrogens with zero attached hydrogens (tertiary/aromatic N) is 1. The molecule has 0 radical (unpaired) electrons. The number of sulfonamides is 1. The number of aryl methyl sites for hydroxylation is 2. The zero-order valence-electron chi connectivity index (χ0n) is 21.0. The second-order valence-corrected chi connectivity index (χ2v) is 10.5. The van der Waals surface area contributed by atoms with Gasteiger partial charge >= 0.3 is 0 Å². The molecule has 0 aliphatic heterocycles. The average Bonchev–Trinajstić information content (AvgIpc) is 2.80. The van der Waals surface area contributed by atoms with Gasteiger partial charge in [0.25, 0.3) is 5.91 Å². The molecule has 3 aromatic carbocycles. The molecule has 3 aromatic rings. The van der Waals surface area contributed by atoms with E-state index in [2.05, 4.69) is 5.32 Å². The minimum atomic E-state index is -3.50. The van der Waals surface area contributed by atoms with E-state index < -0.39 is 10.0 Å².